The van der Waals surface area contributed by atoms with Crippen molar-refractivity contribution in [1.82, 2.24) is 5.32 Å². The molecule has 0 saturated heterocycles. The summed E-state index contributed by atoms with van der Waals surface area (Å²) in [5, 5.41) is 5.64. The number of hydrogen-bond acceptors (Lipinski definition) is 2. The molecule has 0 aromatic heterocycles. The Labute approximate surface area is 145 Å². The minimum atomic E-state index is -0.356. The van der Waals surface area contributed by atoms with E-state index in [1.54, 1.807) is 17.0 Å². The van der Waals surface area contributed by atoms with Crippen molar-refractivity contribution in [2.24, 2.45) is 0 Å². The standard InChI is InChI=1S/C19H20FN3O2/c1-12(2)21-18(24)16-4-3-5-17-15(16)10-11-23(17)19(25)22-14-8-6-13(20)7-9-14/h3-9,12H,10-11H2,1-2H3,(H,21,24)(H,22,25). The molecule has 0 unspecified atom stereocenters. The van der Waals surface area contributed by atoms with Crippen molar-refractivity contribution in [1.29, 1.82) is 0 Å². The first-order valence-electron chi connectivity index (χ1n) is 8.22. The molecule has 0 atom stereocenters. The highest BCUT2D eigenvalue weighted by molar-refractivity contribution is 6.05. The third kappa shape index (κ3) is 3.63. The fourth-order valence-corrected chi connectivity index (χ4v) is 2.92. The molecule has 0 saturated carbocycles. The number of nitrogens with zero attached hydrogens (tertiary/aromatic N) is 1. The van der Waals surface area contributed by atoms with Crippen LogP contribution in [-0.2, 0) is 6.42 Å². The third-order valence-electron chi connectivity index (χ3n) is 4.03. The molecule has 2 aromatic carbocycles. The van der Waals surface area contributed by atoms with Gasteiger partial charge in [-0.2, -0.15) is 0 Å². The number of halogens is 1. The molecule has 0 aliphatic carbocycles. The summed E-state index contributed by atoms with van der Waals surface area (Å²) in [5.41, 5.74) is 2.72. The number of nitrogens with one attached hydrogen (secondary N) is 2. The predicted molar refractivity (Wildman–Crippen MR) is 95.5 cm³/mol. The second kappa shape index (κ2) is 6.93. The van der Waals surface area contributed by atoms with E-state index in [2.05, 4.69) is 10.6 Å². The Morgan fingerprint density at radius 1 is 1.12 bits per heavy atom. The fourth-order valence-electron chi connectivity index (χ4n) is 2.92. The van der Waals surface area contributed by atoms with Gasteiger partial charge >= 0.3 is 6.03 Å². The van der Waals surface area contributed by atoms with E-state index in [-0.39, 0.29) is 23.8 Å². The second-order valence-corrected chi connectivity index (χ2v) is 6.27. The van der Waals surface area contributed by atoms with Gasteiger partial charge in [0, 0.05) is 29.5 Å². The quantitative estimate of drug-likeness (QED) is 0.897. The third-order valence-corrected chi connectivity index (χ3v) is 4.03. The van der Waals surface area contributed by atoms with Crippen molar-refractivity contribution in [3.63, 3.8) is 0 Å². The van der Waals surface area contributed by atoms with E-state index in [0.717, 1.165) is 11.3 Å². The Balaban J connectivity index is 1.80. The lowest BCUT2D eigenvalue weighted by atomic mass is 10.0. The number of urea groups is 1. The molecule has 1 heterocycles. The van der Waals surface area contributed by atoms with Gasteiger partial charge in [0.2, 0.25) is 0 Å². The number of rotatable bonds is 3. The number of carbonyl (C=O) groups excluding carboxylic acids is 2. The molecule has 3 amide bonds. The van der Waals surface area contributed by atoms with Crippen LogP contribution in [0.3, 0.4) is 0 Å². The Bertz CT molecular complexity index is 803. The van der Waals surface area contributed by atoms with Crippen LogP contribution in [0.1, 0.15) is 29.8 Å². The molecule has 0 bridgehead atoms. The number of anilines is 2. The van der Waals surface area contributed by atoms with Gasteiger partial charge < -0.3 is 10.6 Å². The molecular formula is C19H20FN3O2. The number of carbonyl (C=O) groups is 2. The summed E-state index contributed by atoms with van der Waals surface area (Å²) in [7, 11) is 0. The van der Waals surface area contributed by atoms with Crippen molar-refractivity contribution < 1.29 is 14.0 Å². The van der Waals surface area contributed by atoms with E-state index in [1.165, 1.54) is 24.3 Å². The molecule has 0 spiro atoms. The monoisotopic (exact) mass is 341 g/mol. The molecule has 6 heteroatoms. The van der Waals surface area contributed by atoms with Gasteiger partial charge in [0.1, 0.15) is 5.82 Å². The van der Waals surface area contributed by atoms with E-state index in [1.807, 2.05) is 19.9 Å². The van der Waals surface area contributed by atoms with Crippen molar-refractivity contribution in [3.05, 3.63) is 59.4 Å². The van der Waals surface area contributed by atoms with Crippen LogP contribution in [0, 0.1) is 5.82 Å². The average Bonchev–Trinajstić information content (AvgIpc) is 3.00. The summed E-state index contributed by atoms with van der Waals surface area (Å²) >= 11 is 0. The SMILES string of the molecule is CC(C)NC(=O)c1cccc2c1CCN2C(=O)Nc1ccc(F)cc1. The van der Waals surface area contributed by atoms with Crippen LogP contribution in [0.5, 0.6) is 0 Å². The zero-order valence-corrected chi connectivity index (χ0v) is 14.2. The molecule has 3 rings (SSSR count). The highest BCUT2D eigenvalue weighted by Gasteiger charge is 2.28. The fraction of sp³-hybridized carbons (Fsp3) is 0.263. The van der Waals surface area contributed by atoms with E-state index in [0.29, 0.717) is 24.2 Å². The summed E-state index contributed by atoms with van der Waals surface area (Å²) < 4.78 is 13.0. The van der Waals surface area contributed by atoms with Crippen molar-refractivity contribution in [3.8, 4) is 0 Å². The number of fused-ring (bicyclic) bond motifs is 1. The Kier molecular flexibility index (Phi) is 4.70. The van der Waals surface area contributed by atoms with E-state index >= 15 is 0 Å². The van der Waals surface area contributed by atoms with Crippen LogP contribution in [0.2, 0.25) is 0 Å². The molecule has 1 aliphatic rings. The van der Waals surface area contributed by atoms with Crippen LogP contribution in [-0.4, -0.2) is 24.5 Å². The number of benzene rings is 2. The molecule has 25 heavy (non-hydrogen) atoms. The van der Waals surface area contributed by atoms with Crippen molar-refractivity contribution >= 4 is 23.3 Å². The minimum Gasteiger partial charge on any atom is -0.350 e. The molecule has 130 valence electrons. The number of hydrogen-bond donors (Lipinski definition) is 2. The van der Waals surface area contributed by atoms with Crippen molar-refractivity contribution in [2.45, 2.75) is 26.3 Å². The summed E-state index contributed by atoms with van der Waals surface area (Å²) in [5.74, 6) is -0.488. The minimum absolute atomic E-state index is 0.0441. The molecule has 2 N–H and O–H groups in total. The van der Waals surface area contributed by atoms with E-state index < -0.39 is 0 Å². The maximum atomic E-state index is 13.0. The molecule has 0 radical (unpaired) electrons. The highest BCUT2D eigenvalue weighted by Crippen LogP contribution is 2.31. The summed E-state index contributed by atoms with van der Waals surface area (Å²) in [4.78, 5) is 26.5. The predicted octanol–water partition coefficient (Wildman–Crippen LogP) is 3.56. The average molecular weight is 341 g/mol. The summed E-state index contributed by atoms with van der Waals surface area (Å²) in [6, 6.07) is 10.7. The molecule has 2 aromatic rings. The maximum absolute atomic E-state index is 13.0. The zero-order chi connectivity index (χ0) is 18.0. The van der Waals surface area contributed by atoms with Crippen LogP contribution >= 0.6 is 0 Å². The van der Waals surface area contributed by atoms with Gasteiger partial charge in [0.05, 0.1) is 0 Å². The van der Waals surface area contributed by atoms with Gasteiger partial charge in [0.15, 0.2) is 0 Å². The normalized spacial score (nSPS) is 12.9. The highest BCUT2D eigenvalue weighted by atomic mass is 19.1. The topological polar surface area (TPSA) is 61.4 Å². The van der Waals surface area contributed by atoms with Crippen LogP contribution in [0.15, 0.2) is 42.5 Å². The van der Waals surface area contributed by atoms with Gasteiger partial charge in [-0.05, 0) is 62.2 Å². The Hall–Kier alpha value is -2.89. The van der Waals surface area contributed by atoms with E-state index in [9.17, 15) is 14.0 Å². The van der Waals surface area contributed by atoms with Gasteiger partial charge in [-0.1, -0.05) is 6.07 Å². The first kappa shape index (κ1) is 17.0. The van der Waals surface area contributed by atoms with Gasteiger partial charge in [-0.3, -0.25) is 9.69 Å². The van der Waals surface area contributed by atoms with Crippen LogP contribution in [0.4, 0.5) is 20.6 Å². The van der Waals surface area contributed by atoms with Crippen LogP contribution < -0.4 is 15.5 Å². The molecular weight excluding hydrogens is 321 g/mol. The molecule has 5 nitrogen and oxygen atoms in total. The smallest absolute Gasteiger partial charge is 0.326 e. The van der Waals surface area contributed by atoms with E-state index in [4.69, 9.17) is 0 Å². The first-order chi connectivity index (χ1) is 12.0. The van der Waals surface area contributed by atoms with Gasteiger partial charge in [0.25, 0.3) is 5.91 Å². The molecule has 0 fully saturated rings. The van der Waals surface area contributed by atoms with Crippen molar-refractivity contribution in [2.75, 3.05) is 16.8 Å². The largest absolute Gasteiger partial charge is 0.350 e. The lowest BCUT2D eigenvalue weighted by Gasteiger charge is -2.19. The number of amides is 3. The second-order valence-electron chi connectivity index (χ2n) is 6.27. The lowest BCUT2D eigenvalue weighted by Crippen LogP contribution is -2.33. The maximum Gasteiger partial charge on any atom is 0.326 e. The zero-order valence-electron chi connectivity index (χ0n) is 14.2. The molecule has 1 aliphatic heterocycles. The van der Waals surface area contributed by atoms with Gasteiger partial charge in [-0.15, -0.1) is 0 Å². The van der Waals surface area contributed by atoms with Gasteiger partial charge in [-0.25, -0.2) is 9.18 Å². The summed E-state index contributed by atoms with van der Waals surface area (Å²) in [6.07, 6.45) is 0.619. The Morgan fingerprint density at radius 2 is 1.84 bits per heavy atom. The Morgan fingerprint density at radius 3 is 2.52 bits per heavy atom. The lowest BCUT2D eigenvalue weighted by molar-refractivity contribution is 0.0942. The van der Waals surface area contributed by atoms with Crippen LogP contribution in [0.25, 0.3) is 0 Å². The summed E-state index contributed by atoms with van der Waals surface area (Å²) in [6.45, 7) is 4.31. The first-order valence-corrected chi connectivity index (χ1v) is 8.22.